The highest BCUT2D eigenvalue weighted by Crippen LogP contribution is 2.10. The van der Waals surface area contributed by atoms with Crippen LogP contribution in [0.4, 0.5) is 0 Å². The van der Waals surface area contributed by atoms with Gasteiger partial charge in [-0.3, -0.25) is 4.79 Å². The van der Waals surface area contributed by atoms with Gasteiger partial charge in [0.15, 0.2) is 0 Å². The van der Waals surface area contributed by atoms with Crippen LogP contribution in [0.3, 0.4) is 0 Å². The van der Waals surface area contributed by atoms with Crippen molar-refractivity contribution in [3.8, 4) is 0 Å². The minimum Gasteiger partial charge on any atom is -0.377 e. The van der Waals surface area contributed by atoms with Crippen molar-refractivity contribution in [3.05, 3.63) is 71.3 Å². The number of halogens is 1. The predicted molar refractivity (Wildman–Crippen MR) is 99.0 cm³/mol. The van der Waals surface area contributed by atoms with Gasteiger partial charge in [-0.15, -0.1) is 12.4 Å². The van der Waals surface area contributed by atoms with Gasteiger partial charge in [0.2, 0.25) is 5.91 Å². The van der Waals surface area contributed by atoms with Gasteiger partial charge in [-0.05, 0) is 30.0 Å². The number of rotatable bonds is 8. The molecule has 0 unspecified atom stereocenters. The minimum absolute atomic E-state index is 0. The van der Waals surface area contributed by atoms with E-state index in [1.54, 1.807) is 0 Å². The summed E-state index contributed by atoms with van der Waals surface area (Å²) in [4.78, 5) is 12.2. The highest BCUT2D eigenvalue weighted by Gasteiger charge is 2.14. The van der Waals surface area contributed by atoms with Gasteiger partial charge in [-0.1, -0.05) is 54.6 Å². The number of nitrogens with two attached hydrogens (primary N) is 1. The van der Waals surface area contributed by atoms with Crippen molar-refractivity contribution in [2.75, 3.05) is 6.61 Å². The first-order chi connectivity index (χ1) is 11.2. The Labute approximate surface area is 149 Å². The Morgan fingerprint density at radius 3 is 2.38 bits per heavy atom. The van der Waals surface area contributed by atoms with Crippen molar-refractivity contribution in [2.45, 2.75) is 32.5 Å². The van der Waals surface area contributed by atoms with Crippen LogP contribution in [0, 0.1) is 0 Å². The number of ether oxygens (including phenoxy) is 1. The van der Waals surface area contributed by atoms with Gasteiger partial charge in [0.25, 0.3) is 0 Å². The quantitative estimate of drug-likeness (QED) is 0.771. The van der Waals surface area contributed by atoms with Gasteiger partial charge < -0.3 is 15.8 Å². The van der Waals surface area contributed by atoms with Crippen molar-refractivity contribution >= 4 is 18.3 Å². The van der Waals surface area contributed by atoms with E-state index in [9.17, 15) is 4.79 Å². The summed E-state index contributed by atoms with van der Waals surface area (Å²) >= 11 is 0. The molecule has 0 spiro atoms. The van der Waals surface area contributed by atoms with E-state index in [-0.39, 0.29) is 18.3 Å². The maximum Gasteiger partial charge on any atom is 0.237 e. The molecule has 24 heavy (non-hydrogen) atoms. The van der Waals surface area contributed by atoms with Crippen LogP contribution in [-0.4, -0.2) is 18.6 Å². The Morgan fingerprint density at radius 2 is 1.71 bits per heavy atom. The fourth-order valence-corrected chi connectivity index (χ4v) is 2.36. The summed E-state index contributed by atoms with van der Waals surface area (Å²) < 4.78 is 5.46. The average Bonchev–Trinajstić information content (AvgIpc) is 2.59. The molecule has 0 saturated carbocycles. The van der Waals surface area contributed by atoms with E-state index >= 15 is 0 Å². The lowest BCUT2D eigenvalue weighted by molar-refractivity contribution is -0.122. The molecule has 1 amide bonds. The molecule has 130 valence electrons. The van der Waals surface area contributed by atoms with Gasteiger partial charge in [-0.25, -0.2) is 0 Å². The second-order valence-corrected chi connectivity index (χ2v) is 5.42. The van der Waals surface area contributed by atoms with Crippen LogP contribution in [-0.2, 0) is 29.1 Å². The van der Waals surface area contributed by atoms with Crippen molar-refractivity contribution in [2.24, 2.45) is 5.73 Å². The van der Waals surface area contributed by atoms with Gasteiger partial charge in [0.1, 0.15) is 0 Å². The van der Waals surface area contributed by atoms with Crippen LogP contribution < -0.4 is 11.1 Å². The van der Waals surface area contributed by atoms with E-state index in [1.807, 2.05) is 61.5 Å². The van der Waals surface area contributed by atoms with E-state index in [4.69, 9.17) is 10.5 Å². The maximum atomic E-state index is 12.2. The predicted octanol–water partition coefficient (Wildman–Crippen LogP) is 2.83. The summed E-state index contributed by atoms with van der Waals surface area (Å²) in [5, 5.41) is 2.92. The van der Waals surface area contributed by atoms with E-state index in [1.165, 1.54) is 0 Å². The van der Waals surface area contributed by atoms with E-state index in [0.29, 0.717) is 26.2 Å². The van der Waals surface area contributed by atoms with Gasteiger partial charge in [-0.2, -0.15) is 0 Å². The summed E-state index contributed by atoms with van der Waals surface area (Å²) in [6.07, 6.45) is 0.535. The number of hydrogen-bond acceptors (Lipinski definition) is 3. The van der Waals surface area contributed by atoms with E-state index < -0.39 is 6.04 Å². The van der Waals surface area contributed by atoms with Crippen molar-refractivity contribution < 1.29 is 9.53 Å². The van der Waals surface area contributed by atoms with Gasteiger partial charge in [0, 0.05) is 13.2 Å². The minimum atomic E-state index is -0.545. The third kappa shape index (κ3) is 6.32. The summed E-state index contributed by atoms with van der Waals surface area (Å²) in [6, 6.07) is 17.2. The smallest absolute Gasteiger partial charge is 0.237 e. The molecule has 2 aromatic rings. The third-order valence-corrected chi connectivity index (χ3v) is 3.67. The van der Waals surface area contributed by atoms with Crippen molar-refractivity contribution in [1.82, 2.24) is 5.32 Å². The standard InChI is InChI=1S/C19H24N2O2.ClH/c1-2-23-14-17-11-7-6-10-16(17)13-21-19(22)18(20)12-15-8-4-3-5-9-15;/h3-11,18H,2,12-14,20H2,1H3,(H,21,22);1H/t18-;/m0./s1. The molecule has 0 aliphatic carbocycles. The molecule has 4 nitrogen and oxygen atoms in total. The molecule has 0 aliphatic heterocycles. The Hall–Kier alpha value is -1.88. The molecule has 0 aliphatic rings. The van der Waals surface area contributed by atoms with Crippen LogP contribution in [0.5, 0.6) is 0 Å². The molecule has 0 saturated heterocycles. The molecule has 1 atom stereocenters. The van der Waals surface area contributed by atoms with Crippen molar-refractivity contribution in [1.29, 1.82) is 0 Å². The largest absolute Gasteiger partial charge is 0.377 e. The van der Waals surface area contributed by atoms with Crippen LogP contribution >= 0.6 is 12.4 Å². The van der Waals surface area contributed by atoms with Crippen LogP contribution in [0.15, 0.2) is 54.6 Å². The van der Waals surface area contributed by atoms with Crippen LogP contribution in [0.2, 0.25) is 0 Å². The highest BCUT2D eigenvalue weighted by atomic mass is 35.5. The second kappa shape index (κ2) is 10.8. The molecule has 0 heterocycles. The molecule has 2 rings (SSSR count). The number of nitrogens with one attached hydrogen (secondary N) is 1. The molecule has 5 heteroatoms. The average molecular weight is 349 g/mol. The SMILES string of the molecule is CCOCc1ccccc1CNC(=O)[C@@H](N)Cc1ccccc1.Cl. The zero-order chi connectivity index (χ0) is 16.5. The van der Waals surface area contributed by atoms with E-state index in [2.05, 4.69) is 5.32 Å². The second-order valence-electron chi connectivity index (χ2n) is 5.42. The Morgan fingerprint density at radius 1 is 1.08 bits per heavy atom. The third-order valence-electron chi connectivity index (χ3n) is 3.67. The van der Waals surface area contributed by atoms with Crippen LogP contribution in [0.1, 0.15) is 23.6 Å². The number of hydrogen-bond donors (Lipinski definition) is 2. The maximum absolute atomic E-state index is 12.2. The fraction of sp³-hybridized carbons (Fsp3) is 0.316. The van der Waals surface area contributed by atoms with Gasteiger partial charge >= 0.3 is 0 Å². The number of amides is 1. The topological polar surface area (TPSA) is 64.3 Å². The first-order valence-corrected chi connectivity index (χ1v) is 7.92. The fourth-order valence-electron chi connectivity index (χ4n) is 2.36. The molecule has 0 bridgehead atoms. The molecule has 3 N–H and O–H groups in total. The first kappa shape index (κ1) is 20.2. The van der Waals surface area contributed by atoms with Crippen LogP contribution in [0.25, 0.3) is 0 Å². The normalized spacial score (nSPS) is 11.4. The highest BCUT2D eigenvalue weighted by molar-refractivity contribution is 5.85. The first-order valence-electron chi connectivity index (χ1n) is 7.92. The van der Waals surface area contributed by atoms with E-state index in [0.717, 1.165) is 16.7 Å². The molecule has 0 radical (unpaired) electrons. The Bertz CT molecular complexity index is 620. The zero-order valence-corrected chi connectivity index (χ0v) is 14.7. The summed E-state index contributed by atoms with van der Waals surface area (Å²) in [7, 11) is 0. The number of carbonyl (C=O) groups excluding carboxylic acids is 1. The molecule has 0 fully saturated rings. The number of benzene rings is 2. The molecule has 0 aromatic heterocycles. The van der Waals surface area contributed by atoms with Gasteiger partial charge in [0.05, 0.1) is 12.6 Å². The lowest BCUT2D eigenvalue weighted by atomic mass is 10.1. The Balaban J connectivity index is 0.00000288. The lowest BCUT2D eigenvalue weighted by Gasteiger charge is -2.14. The monoisotopic (exact) mass is 348 g/mol. The molecular formula is C19H25ClN2O2. The summed E-state index contributed by atoms with van der Waals surface area (Å²) in [5.41, 5.74) is 9.20. The summed E-state index contributed by atoms with van der Waals surface area (Å²) in [6.45, 7) is 3.65. The molecular weight excluding hydrogens is 324 g/mol. The Kier molecular flexibility index (Phi) is 9.08. The molecule has 2 aromatic carbocycles. The van der Waals surface area contributed by atoms with Crippen molar-refractivity contribution in [3.63, 3.8) is 0 Å². The number of carbonyl (C=O) groups is 1. The summed E-state index contributed by atoms with van der Waals surface area (Å²) in [5.74, 6) is -0.139. The zero-order valence-electron chi connectivity index (χ0n) is 13.9. The lowest BCUT2D eigenvalue weighted by Crippen LogP contribution is -2.41.